The second-order valence-electron chi connectivity index (χ2n) is 4.90. The number of amides is 4. The van der Waals surface area contributed by atoms with Gasteiger partial charge in [-0.3, -0.25) is 14.9 Å². The Morgan fingerprint density at radius 2 is 2.14 bits per heavy atom. The van der Waals surface area contributed by atoms with Crippen LogP contribution in [0.1, 0.15) is 18.4 Å². The Morgan fingerprint density at radius 3 is 2.73 bits per heavy atom. The van der Waals surface area contributed by atoms with Gasteiger partial charge in [0.2, 0.25) is 5.91 Å². The molecule has 1 aliphatic heterocycles. The van der Waals surface area contributed by atoms with Crippen molar-refractivity contribution in [1.82, 2.24) is 10.6 Å². The third-order valence-corrected chi connectivity index (χ3v) is 3.68. The van der Waals surface area contributed by atoms with Gasteiger partial charge in [-0.2, -0.15) is 0 Å². The number of imide groups is 1. The van der Waals surface area contributed by atoms with Crippen LogP contribution in [0, 0.1) is 6.92 Å². The summed E-state index contributed by atoms with van der Waals surface area (Å²) in [6.07, 6.45) is 0.307. The summed E-state index contributed by atoms with van der Waals surface area (Å²) in [5.41, 5.74) is 1.31. The predicted molar refractivity (Wildman–Crippen MR) is 81.1 cm³/mol. The molecule has 1 atom stereocenters. The number of carbonyl (C=O) groups is 3. The summed E-state index contributed by atoms with van der Waals surface area (Å²) >= 11 is 6.00. The van der Waals surface area contributed by atoms with E-state index in [2.05, 4.69) is 16.0 Å². The molecule has 1 saturated heterocycles. The predicted octanol–water partition coefficient (Wildman–Crippen LogP) is 1.58. The largest absolute Gasteiger partial charge is 0.495 e. The number of ether oxygens (including phenoxy) is 1. The lowest BCUT2D eigenvalue weighted by molar-refractivity contribution is -0.120. The van der Waals surface area contributed by atoms with Crippen molar-refractivity contribution in [3.8, 4) is 5.75 Å². The summed E-state index contributed by atoms with van der Waals surface area (Å²) in [6, 6.07) is 2.12. The van der Waals surface area contributed by atoms with Gasteiger partial charge >= 0.3 is 6.03 Å². The normalized spacial score (nSPS) is 17.0. The summed E-state index contributed by atoms with van der Waals surface area (Å²) in [4.78, 5) is 34.3. The van der Waals surface area contributed by atoms with Crippen molar-refractivity contribution in [2.45, 2.75) is 25.8 Å². The van der Waals surface area contributed by atoms with Crippen molar-refractivity contribution >= 4 is 35.1 Å². The zero-order chi connectivity index (χ0) is 16.3. The third kappa shape index (κ3) is 3.67. The van der Waals surface area contributed by atoms with E-state index in [0.29, 0.717) is 16.5 Å². The fraction of sp³-hybridized carbons (Fsp3) is 0.357. The first-order valence-electron chi connectivity index (χ1n) is 6.66. The number of nitrogens with one attached hydrogen (secondary N) is 3. The van der Waals surface area contributed by atoms with Crippen molar-refractivity contribution < 1.29 is 19.1 Å². The highest BCUT2D eigenvalue weighted by molar-refractivity contribution is 6.31. The second kappa shape index (κ2) is 6.65. The Hall–Kier alpha value is -2.28. The van der Waals surface area contributed by atoms with Crippen molar-refractivity contribution in [2.24, 2.45) is 0 Å². The number of hydrogen-bond donors (Lipinski definition) is 3. The first kappa shape index (κ1) is 16.1. The molecule has 0 unspecified atom stereocenters. The van der Waals surface area contributed by atoms with Gasteiger partial charge in [-0.25, -0.2) is 4.79 Å². The molecule has 1 aromatic carbocycles. The number of methoxy groups -OCH3 is 1. The van der Waals surface area contributed by atoms with E-state index in [9.17, 15) is 14.4 Å². The van der Waals surface area contributed by atoms with E-state index in [-0.39, 0.29) is 18.7 Å². The third-order valence-electron chi connectivity index (χ3n) is 3.27. The Bertz CT molecular complexity index is 633. The molecule has 1 aliphatic rings. The van der Waals surface area contributed by atoms with Crippen LogP contribution < -0.4 is 20.7 Å². The first-order chi connectivity index (χ1) is 10.4. The minimum absolute atomic E-state index is 0.0865. The summed E-state index contributed by atoms with van der Waals surface area (Å²) in [5, 5.41) is 7.81. The molecule has 3 N–H and O–H groups in total. The highest BCUT2D eigenvalue weighted by Crippen LogP contribution is 2.31. The SMILES string of the molecule is COc1cc(Cl)c(C)cc1NC(=O)CC[C@@H]1NC(=O)NC1=O. The van der Waals surface area contributed by atoms with Crippen molar-refractivity contribution in [2.75, 3.05) is 12.4 Å². The topological polar surface area (TPSA) is 96.5 Å². The van der Waals surface area contributed by atoms with Gasteiger partial charge in [-0.1, -0.05) is 11.6 Å². The second-order valence-corrected chi connectivity index (χ2v) is 5.31. The van der Waals surface area contributed by atoms with E-state index in [1.165, 1.54) is 7.11 Å². The van der Waals surface area contributed by atoms with E-state index >= 15 is 0 Å². The lowest BCUT2D eigenvalue weighted by Gasteiger charge is -2.13. The maximum Gasteiger partial charge on any atom is 0.322 e. The standard InChI is InChI=1S/C14H16ClN3O4/c1-7-5-10(11(22-2)6-8(7)15)16-12(19)4-3-9-13(20)18-14(21)17-9/h5-6,9H,3-4H2,1-2H3,(H,16,19)(H2,17,18,20,21)/t9-/m0/s1. The molecular formula is C14H16ClN3O4. The number of halogens is 1. The van der Waals surface area contributed by atoms with Gasteiger partial charge in [0.15, 0.2) is 0 Å². The van der Waals surface area contributed by atoms with Crippen LogP contribution in [0.15, 0.2) is 12.1 Å². The lowest BCUT2D eigenvalue weighted by Crippen LogP contribution is -2.30. The van der Waals surface area contributed by atoms with Crippen molar-refractivity contribution in [3.05, 3.63) is 22.7 Å². The number of urea groups is 1. The number of aryl methyl sites for hydroxylation is 1. The van der Waals surface area contributed by atoms with Crippen LogP contribution in [0.3, 0.4) is 0 Å². The van der Waals surface area contributed by atoms with Crippen LogP contribution in [-0.2, 0) is 9.59 Å². The summed E-state index contributed by atoms with van der Waals surface area (Å²) < 4.78 is 5.17. The van der Waals surface area contributed by atoms with Gasteiger partial charge in [0.25, 0.3) is 5.91 Å². The Labute approximate surface area is 132 Å². The molecule has 118 valence electrons. The quantitative estimate of drug-likeness (QED) is 0.716. The molecule has 0 spiro atoms. The van der Waals surface area contributed by atoms with E-state index in [0.717, 1.165) is 5.56 Å². The van der Waals surface area contributed by atoms with Crippen LogP contribution in [0.4, 0.5) is 10.5 Å². The zero-order valence-electron chi connectivity index (χ0n) is 12.2. The Balaban J connectivity index is 1.96. The maximum absolute atomic E-state index is 12.0. The highest BCUT2D eigenvalue weighted by atomic mass is 35.5. The highest BCUT2D eigenvalue weighted by Gasteiger charge is 2.29. The number of benzene rings is 1. The first-order valence-corrected chi connectivity index (χ1v) is 7.04. The molecule has 0 bridgehead atoms. The Kier molecular flexibility index (Phi) is 4.87. The molecular weight excluding hydrogens is 310 g/mol. The van der Waals surface area contributed by atoms with Gasteiger partial charge in [0, 0.05) is 17.5 Å². The van der Waals surface area contributed by atoms with E-state index in [1.807, 2.05) is 6.92 Å². The lowest BCUT2D eigenvalue weighted by atomic mass is 10.1. The van der Waals surface area contributed by atoms with Gasteiger partial charge in [-0.05, 0) is 25.0 Å². The summed E-state index contributed by atoms with van der Waals surface area (Å²) in [5.74, 6) is -0.248. The van der Waals surface area contributed by atoms with Crippen LogP contribution in [0.2, 0.25) is 5.02 Å². The minimum atomic E-state index is -0.674. The number of hydrogen-bond acceptors (Lipinski definition) is 4. The molecule has 0 radical (unpaired) electrons. The fourth-order valence-electron chi connectivity index (χ4n) is 2.08. The molecule has 1 fully saturated rings. The molecule has 1 aromatic rings. The van der Waals surface area contributed by atoms with Gasteiger partial charge < -0.3 is 15.4 Å². The average molecular weight is 326 g/mol. The van der Waals surface area contributed by atoms with Gasteiger partial charge in [0.05, 0.1) is 12.8 Å². The number of anilines is 1. The van der Waals surface area contributed by atoms with Crippen molar-refractivity contribution in [1.29, 1.82) is 0 Å². The molecule has 0 saturated carbocycles. The van der Waals surface area contributed by atoms with Crippen LogP contribution in [0.5, 0.6) is 5.75 Å². The van der Waals surface area contributed by atoms with Crippen LogP contribution in [-0.4, -0.2) is 31.0 Å². The van der Waals surface area contributed by atoms with E-state index in [4.69, 9.17) is 16.3 Å². The minimum Gasteiger partial charge on any atom is -0.495 e. The van der Waals surface area contributed by atoms with Crippen molar-refractivity contribution in [3.63, 3.8) is 0 Å². The fourth-order valence-corrected chi connectivity index (χ4v) is 2.23. The average Bonchev–Trinajstić information content (AvgIpc) is 2.78. The summed E-state index contributed by atoms with van der Waals surface area (Å²) in [6.45, 7) is 1.82. The smallest absolute Gasteiger partial charge is 0.322 e. The van der Waals surface area contributed by atoms with E-state index in [1.54, 1.807) is 12.1 Å². The number of rotatable bonds is 5. The maximum atomic E-state index is 12.0. The molecule has 0 aliphatic carbocycles. The monoisotopic (exact) mass is 325 g/mol. The zero-order valence-corrected chi connectivity index (χ0v) is 12.9. The summed E-state index contributed by atoms with van der Waals surface area (Å²) in [7, 11) is 1.48. The van der Waals surface area contributed by atoms with E-state index < -0.39 is 18.0 Å². The molecule has 4 amide bonds. The van der Waals surface area contributed by atoms with Crippen LogP contribution >= 0.6 is 11.6 Å². The molecule has 7 nitrogen and oxygen atoms in total. The van der Waals surface area contributed by atoms with Crippen LogP contribution in [0.25, 0.3) is 0 Å². The molecule has 22 heavy (non-hydrogen) atoms. The molecule has 1 heterocycles. The van der Waals surface area contributed by atoms with Gasteiger partial charge in [0.1, 0.15) is 11.8 Å². The Morgan fingerprint density at radius 1 is 1.41 bits per heavy atom. The molecule has 0 aromatic heterocycles. The van der Waals surface area contributed by atoms with Gasteiger partial charge in [-0.15, -0.1) is 0 Å². The number of carbonyl (C=O) groups excluding carboxylic acids is 3. The molecule has 8 heteroatoms. The molecule has 2 rings (SSSR count).